The number of anilines is 1. The molecule has 0 radical (unpaired) electrons. The van der Waals surface area contributed by atoms with Gasteiger partial charge in [-0.15, -0.1) is 5.10 Å². The maximum Gasteiger partial charge on any atom is 0.229 e. The maximum absolute atomic E-state index is 5.30. The average Bonchev–Trinajstić information content (AvgIpc) is 3.33. The first-order valence-electron chi connectivity index (χ1n) is 8.39. The van der Waals surface area contributed by atoms with Crippen LogP contribution in [0.25, 0.3) is 0 Å². The molecule has 1 aliphatic carbocycles. The van der Waals surface area contributed by atoms with Crippen molar-refractivity contribution in [2.45, 2.75) is 51.1 Å². The fourth-order valence-corrected chi connectivity index (χ4v) is 2.98. The Kier molecular flexibility index (Phi) is 3.95. The van der Waals surface area contributed by atoms with E-state index in [1.54, 1.807) is 0 Å². The molecule has 1 saturated heterocycles. The number of aromatic nitrogens is 4. The number of nitrogens with zero attached hydrogens (tertiary/aromatic N) is 5. The second kappa shape index (κ2) is 6.23. The second-order valence-corrected chi connectivity index (χ2v) is 6.52. The Morgan fingerprint density at radius 1 is 1.26 bits per heavy atom. The van der Waals surface area contributed by atoms with Crippen LogP contribution in [-0.4, -0.2) is 39.5 Å². The third kappa shape index (κ3) is 3.50. The summed E-state index contributed by atoms with van der Waals surface area (Å²) in [5.41, 5.74) is 0.948. The van der Waals surface area contributed by atoms with Gasteiger partial charge in [0.1, 0.15) is 0 Å². The first-order chi connectivity index (χ1) is 11.3. The highest BCUT2D eigenvalue weighted by molar-refractivity contribution is 5.38. The van der Waals surface area contributed by atoms with Crippen LogP contribution < -0.4 is 10.2 Å². The number of hydrogen-bond donors (Lipinski definition) is 1. The van der Waals surface area contributed by atoms with Gasteiger partial charge in [-0.3, -0.25) is 0 Å². The van der Waals surface area contributed by atoms with Crippen LogP contribution in [-0.2, 0) is 6.54 Å². The van der Waals surface area contributed by atoms with E-state index < -0.39 is 0 Å². The molecule has 1 N–H and O–H groups in total. The number of aryl methyl sites for hydroxylation is 1. The number of rotatable bonds is 5. The molecular formula is C16H22N6O. The van der Waals surface area contributed by atoms with Crippen molar-refractivity contribution in [1.82, 2.24) is 25.7 Å². The molecule has 0 bridgehead atoms. The highest BCUT2D eigenvalue weighted by Crippen LogP contribution is 2.38. The third-order valence-electron chi connectivity index (χ3n) is 4.49. The highest BCUT2D eigenvalue weighted by Gasteiger charge is 2.29. The summed E-state index contributed by atoms with van der Waals surface area (Å²) in [6.07, 6.45) is 4.67. The minimum Gasteiger partial charge on any atom is -0.354 e. The largest absolute Gasteiger partial charge is 0.354 e. The smallest absolute Gasteiger partial charge is 0.229 e. The minimum atomic E-state index is 0.412. The Bertz CT molecular complexity index is 651. The zero-order valence-electron chi connectivity index (χ0n) is 13.4. The summed E-state index contributed by atoms with van der Waals surface area (Å²) in [6.45, 7) is 4.58. The summed E-state index contributed by atoms with van der Waals surface area (Å²) in [5, 5.41) is 16.1. The Hall–Kier alpha value is -2.02. The van der Waals surface area contributed by atoms with Gasteiger partial charge in [0.25, 0.3) is 0 Å². The van der Waals surface area contributed by atoms with Gasteiger partial charge in [0, 0.05) is 25.0 Å². The zero-order chi connectivity index (χ0) is 15.6. The fraction of sp³-hybridized carbons (Fsp3) is 0.625. The van der Waals surface area contributed by atoms with Crippen LogP contribution in [0.15, 0.2) is 16.7 Å². The van der Waals surface area contributed by atoms with Crippen LogP contribution in [0.3, 0.4) is 0 Å². The molecule has 0 spiro atoms. The Labute approximate surface area is 135 Å². The van der Waals surface area contributed by atoms with Crippen molar-refractivity contribution in [1.29, 1.82) is 0 Å². The topological polar surface area (TPSA) is 80.0 Å². The SMILES string of the molecule is Cc1ccc(N2CCCC(NCc3noc(C4CC4)n3)C2)nn1. The summed E-state index contributed by atoms with van der Waals surface area (Å²) >= 11 is 0. The lowest BCUT2D eigenvalue weighted by Gasteiger charge is -2.33. The molecule has 122 valence electrons. The van der Waals surface area contributed by atoms with Gasteiger partial charge in [-0.1, -0.05) is 5.16 Å². The molecular weight excluding hydrogens is 292 g/mol. The van der Waals surface area contributed by atoms with Crippen molar-refractivity contribution < 1.29 is 4.52 Å². The number of piperidine rings is 1. The standard InChI is InChI=1S/C16H22N6O/c1-11-4-7-15(20-19-11)22-8-2-3-13(10-22)17-9-14-18-16(23-21-14)12-5-6-12/h4,7,12-13,17H,2-3,5-6,8-10H2,1H3. The normalized spacial score (nSPS) is 21.6. The molecule has 2 fully saturated rings. The number of hydrogen-bond acceptors (Lipinski definition) is 7. The van der Waals surface area contributed by atoms with Crippen LogP contribution in [0.2, 0.25) is 0 Å². The lowest BCUT2D eigenvalue weighted by molar-refractivity contribution is 0.366. The van der Waals surface area contributed by atoms with Gasteiger partial charge in [-0.2, -0.15) is 10.1 Å². The van der Waals surface area contributed by atoms with Gasteiger partial charge < -0.3 is 14.7 Å². The van der Waals surface area contributed by atoms with Gasteiger partial charge in [-0.25, -0.2) is 0 Å². The molecule has 7 heteroatoms. The van der Waals surface area contributed by atoms with Crippen LogP contribution >= 0.6 is 0 Å². The van der Waals surface area contributed by atoms with E-state index in [1.165, 1.54) is 12.8 Å². The van der Waals surface area contributed by atoms with Gasteiger partial charge in [0.15, 0.2) is 11.6 Å². The highest BCUT2D eigenvalue weighted by atomic mass is 16.5. The molecule has 1 atom stereocenters. The van der Waals surface area contributed by atoms with E-state index >= 15 is 0 Å². The minimum absolute atomic E-state index is 0.412. The van der Waals surface area contributed by atoms with Gasteiger partial charge >= 0.3 is 0 Å². The van der Waals surface area contributed by atoms with Gasteiger partial charge in [-0.05, 0) is 44.7 Å². The van der Waals surface area contributed by atoms with E-state index in [0.717, 1.165) is 49.2 Å². The van der Waals surface area contributed by atoms with E-state index in [1.807, 2.05) is 19.1 Å². The van der Waals surface area contributed by atoms with E-state index in [0.29, 0.717) is 18.5 Å². The van der Waals surface area contributed by atoms with Crippen molar-refractivity contribution in [3.63, 3.8) is 0 Å². The van der Waals surface area contributed by atoms with E-state index in [2.05, 4.69) is 30.6 Å². The molecule has 1 aliphatic heterocycles. The van der Waals surface area contributed by atoms with Gasteiger partial charge in [0.2, 0.25) is 5.89 Å². The van der Waals surface area contributed by atoms with Crippen LogP contribution in [0, 0.1) is 6.92 Å². The Morgan fingerprint density at radius 3 is 2.96 bits per heavy atom. The Morgan fingerprint density at radius 2 is 2.17 bits per heavy atom. The molecule has 0 aromatic carbocycles. The zero-order valence-corrected chi connectivity index (χ0v) is 13.4. The quantitative estimate of drug-likeness (QED) is 0.901. The maximum atomic E-state index is 5.30. The summed E-state index contributed by atoms with van der Waals surface area (Å²) in [5.74, 6) is 3.04. The summed E-state index contributed by atoms with van der Waals surface area (Å²) in [7, 11) is 0. The van der Waals surface area contributed by atoms with E-state index in [9.17, 15) is 0 Å². The van der Waals surface area contributed by atoms with Crippen molar-refractivity contribution in [2.75, 3.05) is 18.0 Å². The molecule has 2 aromatic rings. The molecule has 2 aromatic heterocycles. The van der Waals surface area contributed by atoms with Crippen molar-refractivity contribution in [2.24, 2.45) is 0 Å². The first kappa shape index (κ1) is 14.6. The van der Waals surface area contributed by atoms with E-state index in [4.69, 9.17) is 4.52 Å². The lowest BCUT2D eigenvalue weighted by atomic mass is 10.1. The van der Waals surface area contributed by atoms with Crippen LogP contribution in [0.4, 0.5) is 5.82 Å². The molecule has 2 aliphatic rings. The lowest BCUT2D eigenvalue weighted by Crippen LogP contribution is -2.46. The fourth-order valence-electron chi connectivity index (χ4n) is 2.98. The molecule has 7 nitrogen and oxygen atoms in total. The predicted molar refractivity (Wildman–Crippen MR) is 85.1 cm³/mol. The van der Waals surface area contributed by atoms with Crippen LogP contribution in [0.5, 0.6) is 0 Å². The van der Waals surface area contributed by atoms with Crippen molar-refractivity contribution >= 4 is 5.82 Å². The molecule has 4 rings (SSSR count). The monoisotopic (exact) mass is 314 g/mol. The van der Waals surface area contributed by atoms with E-state index in [-0.39, 0.29) is 0 Å². The molecule has 1 unspecified atom stereocenters. The second-order valence-electron chi connectivity index (χ2n) is 6.52. The average molecular weight is 314 g/mol. The molecule has 23 heavy (non-hydrogen) atoms. The Balaban J connectivity index is 1.32. The van der Waals surface area contributed by atoms with Crippen LogP contribution in [0.1, 0.15) is 49.0 Å². The first-order valence-corrected chi connectivity index (χ1v) is 8.39. The summed E-state index contributed by atoms with van der Waals surface area (Å²) in [6, 6.07) is 4.47. The van der Waals surface area contributed by atoms with Gasteiger partial charge in [0.05, 0.1) is 12.2 Å². The predicted octanol–water partition coefficient (Wildman–Crippen LogP) is 1.80. The third-order valence-corrected chi connectivity index (χ3v) is 4.49. The summed E-state index contributed by atoms with van der Waals surface area (Å²) in [4.78, 5) is 6.76. The molecule has 0 amide bonds. The molecule has 3 heterocycles. The number of nitrogens with one attached hydrogen (secondary N) is 1. The molecule has 1 saturated carbocycles. The summed E-state index contributed by atoms with van der Waals surface area (Å²) < 4.78 is 5.30. The van der Waals surface area contributed by atoms with Crippen molar-refractivity contribution in [3.05, 3.63) is 29.5 Å². The van der Waals surface area contributed by atoms with Crippen molar-refractivity contribution in [3.8, 4) is 0 Å².